The Morgan fingerprint density at radius 3 is 2.32 bits per heavy atom. The van der Waals surface area contributed by atoms with Gasteiger partial charge in [-0.1, -0.05) is 0 Å². The Hall–Kier alpha value is -1.52. The van der Waals surface area contributed by atoms with Crippen LogP contribution < -0.4 is 0 Å². The molecule has 1 aliphatic carbocycles. The van der Waals surface area contributed by atoms with Gasteiger partial charge in [-0.25, -0.2) is 9.21 Å². The first-order valence-electron chi connectivity index (χ1n) is 10.7. The molecular weight excluding hydrogens is 378 g/mol. The van der Waals surface area contributed by atoms with Crippen LogP contribution in [0.5, 0.6) is 0 Å². The van der Waals surface area contributed by atoms with Crippen molar-refractivity contribution >= 4 is 23.7 Å². The Morgan fingerprint density at radius 1 is 1.00 bits per heavy atom. The molecule has 4 fully saturated rings. The highest BCUT2D eigenvalue weighted by molar-refractivity contribution is 6.14. The third-order valence-corrected chi connectivity index (χ3v) is 7.42. The van der Waals surface area contributed by atoms with Gasteiger partial charge >= 0.3 is 6.03 Å². The molecule has 0 N–H and O–H groups in total. The summed E-state index contributed by atoms with van der Waals surface area (Å²) in [4.78, 5) is 31.0. The number of likely N-dealkylation sites (tertiary alicyclic amines) is 3. The fourth-order valence-corrected chi connectivity index (χ4v) is 5.75. The second-order valence-electron chi connectivity index (χ2n) is 8.81. The highest BCUT2D eigenvalue weighted by atomic mass is 35.5. The molecule has 3 amide bonds. The van der Waals surface area contributed by atoms with Gasteiger partial charge < -0.3 is 14.7 Å². The molecular formula is C20H30ClN5O2. The summed E-state index contributed by atoms with van der Waals surface area (Å²) in [6.45, 7) is 4.25. The number of amides is 3. The minimum Gasteiger partial charge on any atom is -0.326 e. The normalized spacial score (nSPS) is 32.7. The Labute approximate surface area is 172 Å². The van der Waals surface area contributed by atoms with Gasteiger partial charge in [0.15, 0.2) is 0 Å². The molecule has 0 radical (unpaired) electrons. The minimum absolute atomic E-state index is 0.0435. The Balaban J connectivity index is 1.26. The Bertz CT molecular complexity index is 633. The maximum absolute atomic E-state index is 12.7. The smallest absolute Gasteiger partial charge is 0.320 e. The van der Waals surface area contributed by atoms with Crippen LogP contribution in [0.25, 0.3) is 0 Å². The summed E-state index contributed by atoms with van der Waals surface area (Å²) in [5, 5.41) is 9.18. The predicted octanol–water partition coefficient (Wildman–Crippen LogP) is 2.27. The van der Waals surface area contributed by atoms with Crippen LogP contribution in [0, 0.1) is 23.2 Å². The van der Waals surface area contributed by atoms with Crippen molar-refractivity contribution in [2.75, 3.05) is 39.3 Å². The summed E-state index contributed by atoms with van der Waals surface area (Å²) in [6, 6.07) is 2.30. The lowest BCUT2D eigenvalue weighted by Gasteiger charge is -2.32. The molecule has 7 nitrogen and oxygen atoms in total. The standard InChI is InChI=1S/C20H30ClN5O2/c21-26(14-19(27)25-8-4-5-17(25)11-22)18-9-15-12-24(13-16(15)10-18)20(28)23-6-2-1-3-7-23/h15-18H,1-10,12-14H2/t15-,16+,17-,18?/m0/s1. The van der Waals surface area contributed by atoms with Gasteiger partial charge in [0.25, 0.3) is 0 Å². The quantitative estimate of drug-likeness (QED) is 0.673. The van der Waals surface area contributed by atoms with Gasteiger partial charge in [-0.05, 0) is 68.6 Å². The van der Waals surface area contributed by atoms with E-state index in [1.165, 1.54) is 6.42 Å². The molecule has 1 saturated carbocycles. The number of rotatable bonds is 3. The SMILES string of the molecule is N#C[C@@H]1CCCN1C(=O)CN(Cl)C1C[C@@H]2CN(C(=O)N3CCCCC3)C[C@@H]2C1. The molecule has 4 rings (SSSR count). The van der Waals surface area contributed by atoms with E-state index in [1.807, 2.05) is 9.80 Å². The van der Waals surface area contributed by atoms with Gasteiger partial charge in [-0.2, -0.15) is 5.26 Å². The minimum atomic E-state index is -0.296. The zero-order chi connectivity index (χ0) is 19.7. The van der Waals surface area contributed by atoms with E-state index in [4.69, 9.17) is 11.8 Å². The Morgan fingerprint density at radius 2 is 1.68 bits per heavy atom. The number of nitriles is 1. The number of hydrogen-bond acceptors (Lipinski definition) is 4. The monoisotopic (exact) mass is 407 g/mol. The van der Waals surface area contributed by atoms with Crippen LogP contribution in [-0.2, 0) is 4.79 Å². The Kier molecular flexibility index (Phi) is 5.98. The molecule has 0 bridgehead atoms. The predicted molar refractivity (Wildman–Crippen MR) is 105 cm³/mol. The van der Waals surface area contributed by atoms with E-state index in [0.717, 1.165) is 64.7 Å². The molecule has 28 heavy (non-hydrogen) atoms. The second kappa shape index (κ2) is 8.46. The first-order chi connectivity index (χ1) is 13.6. The summed E-state index contributed by atoms with van der Waals surface area (Å²) in [5.41, 5.74) is 0. The highest BCUT2D eigenvalue weighted by Gasteiger charge is 2.45. The topological polar surface area (TPSA) is 70.9 Å². The van der Waals surface area contributed by atoms with E-state index in [0.29, 0.717) is 18.4 Å². The lowest BCUT2D eigenvalue weighted by molar-refractivity contribution is -0.131. The van der Waals surface area contributed by atoms with Gasteiger partial charge in [0.2, 0.25) is 5.91 Å². The zero-order valence-electron chi connectivity index (χ0n) is 16.4. The zero-order valence-corrected chi connectivity index (χ0v) is 17.2. The molecule has 4 atom stereocenters. The van der Waals surface area contributed by atoms with Crippen LogP contribution in [0.3, 0.4) is 0 Å². The van der Waals surface area contributed by atoms with Crippen LogP contribution in [0.4, 0.5) is 4.79 Å². The molecule has 3 heterocycles. The number of hydrogen-bond donors (Lipinski definition) is 0. The maximum atomic E-state index is 12.7. The van der Waals surface area contributed by atoms with E-state index in [1.54, 1.807) is 9.32 Å². The number of halogens is 1. The van der Waals surface area contributed by atoms with Crippen molar-refractivity contribution in [3.63, 3.8) is 0 Å². The van der Waals surface area contributed by atoms with Crippen molar-refractivity contribution in [2.24, 2.45) is 11.8 Å². The molecule has 0 aromatic carbocycles. The number of carbonyl (C=O) groups is 2. The third kappa shape index (κ3) is 3.95. The van der Waals surface area contributed by atoms with E-state index >= 15 is 0 Å². The molecule has 4 aliphatic rings. The number of urea groups is 1. The molecule has 8 heteroatoms. The molecule has 0 spiro atoms. The summed E-state index contributed by atoms with van der Waals surface area (Å²) in [5.74, 6) is 0.917. The first kappa shape index (κ1) is 19.8. The lowest BCUT2D eigenvalue weighted by atomic mass is 10.0. The number of carbonyl (C=O) groups excluding carboxylic acids is 2. The largest absolute Gasteiger partial charge is 0.326 e. The number of piperidine rings is 1. The van der Waals surface area contributed by atoms with E-state index in [9.17, 15) is 14.9 Å². The van der Waals surface area contributed by atoms with E-state index in [-0.39, 0.29) is 30.6 Å². The van der Waals surface area contributed by atoms with Crippen LogP contribution in [0.2, 0.25) is 0 Å². The third-order valence-electron chi connectivity index (χ3n) is 7.03. The molecule has 154 valence electrons. The average Bonchev–Trinajstić information content (AvgIpc) is 3.42. The van der Waals surface area contributed by atoms with Crippen LogP contribution >= 0.6 is 11.8 Å². The summed E-state index contributed by atoms with van der Waals surface area (Å²) < 4.78 is 1.66. The number of fused-ring (bicyclic) bond motifs is 1. The van der Waals surface area contributed by atoms with Gasteiger partial charge in [0.1, 0.15) is 6.04 Å². The van der Waals surface area contributed by atoms with Gasteiger partial charge in [0.05, 0.1) is 12.6 Å². The van der Waals surface area contributed by atoms with Crippen molar-refractivity contribution in [1.29, 1.82) is 5.26 Å². The average molecular weight is 408 g/mol. The van der Waals surface area contributed by atoms with Crippen molar-refractivity contribution in [2.45, 2.75) is 57.0 Å². The second-order valence-corrected chi connectivity index (χ2v) is 9.25. The van der Waals surface area contributed by atoms with E-state index in [2.05, 4.69) is 6.07 Å². The van der Waals surface area contributed by atoms with Crippen molar-refractivity contribution < 1.29 is 9.59 Å². The summed E-state index contributed by atoms with van der Waals surface area (Å²) in [6.07, 6.45) is 6.99. The highest BCUT2D eigenvalue weighted by Crippen LogP contribution is 2.41. The number of nitrogens with zero attached hydrogens (tertiary/aromatic N) is 5. The molecule has 3 saturated heterocycles. The van der Waals surface area contributed by atoms with Gasteiger partial charge in [-0.15, -0.1) is 0 Å². The lowest BCUT2D eigenvalue weighted by Crippen LogP contribution is -2.45. The van der Waals surface area contributed by atoms with E-state index < -0.39 is 0 Å². The molecule has 0 aromatic rings. The maximum Gasteiger partial charge on any atom is 0.320 e. The van der Waals surface area contributed by atoms with Crippen molar-refractivity contribution in [3.8, 4) is 6.07 Å². The fraction of sp³-hybridized carbons (Fsp3) is 0.850. The van der Waals surface area contributed by atoms with Crippen LogP contribution in [0.15, 0.2) is 0 Å². The summed E-state index contributed by atoms with van der Waals surface area (Å²) in [7, 11) is 0. The first-order valence-corrected chi connectivity index (χ1v) is 11.1. The van der Waals surface area contributed by atoms with Gasteiger partial charge in [-0.3, -0.25) is 4.79 Å². The molecule has 1 unspecified atom stereocenters. The van der Waals surface area contributed by atoms with Crippen molar-refractivity contribution in [3.05, 3.63) is 0 Å². The van der Waals surface area contributed by atoms with Crippen molar-refractivity contribution in [1.82, 2.24) is 19.1 Å². The van der Waals surface area contributed by atoms with Crippen LogP contribution in [0.1, 0.15) is 44.9 Å². The van der Waals surface area contributed by atoms with Crippen LogP contribution in [-0.4, -0.2) is 82.4 Å². The fourth-order valence-electron chi connectivity index (χ4n) is 5.49. The molecule has 0 aromatic heterocycles. The van der Waals surface area contributed by atoms with Gasteiger partial charge in [0, 0.05) is 38.8 Å². The summed E-state index contributed by atoms with van der Waals surface area (Å²) >= 11 is 6.50. The molecule has 3 aliphatic heterocycles.